The zero-order chi connectivity index (χ0) is 23.8. The van der Waals surface area contributed by atoms with Crippen molar-refractivity contribution in [3.63, 3.8) is 0 Å². The number of nitrogens with zero attached hydrogens (tertiary/aromatic N) is 1. The SMILES string of the molecule is COC(=O)C1=C(C(=O)OC)SC(=C2C(=S)C(C)(C)N(C(=O)CC(C)C)c3ccccc32)S1. The van der Waals surface area contributed by atoms with Crippen molar-refractivity contribution in [1.29, 1.82) is 0 Å². The van der Waals surface area contributed by atoms with Crippen molar-refractivity contribution in [1.82, 2.24) is 0 Å². The van der Waals surface area contributed by atoms with Crippen LogP contribution in [0.1, 0.15) is 39.7 Å². The lowest BCUT2D eigenvalue weighted by molar-refractivity contribution is -0.138. The molecule has 0 aromatic heterocycles. The van der Waals surface area contributed by atoms with E-state index in [1.54, 1.807) is 4.90 Å². The van der Waals surface area contributed by atoms with Gasteiger partial charge in [0.15, 0.2) is 0 Å². The molecule has 6 nitrogen and oxygen atoms in total. The molecule has 1 aromatic rings. The number of fused-ring (bicyclic) bond motifs is 1. The molecule has 0 atom stereocenters. The molecule has 0 fully saturated rings. The summed E-state index contributed by atoms with van der Waals surface area (Å²) >= 11 is 8.21. The van der Waals surface area contributed by atoms with Gasteiger partial charge in [-0.25, -0.2) is 9.59 Å². The maximum Gasteiger partial charge on any atom is 0.346 e. The van der Waals surface area contributed by atoms with E-state index in [4.69, 9.17) is 21.7 Å². The van der Waals surface area contributed by atoms with Crippen LogP contribution in [-0.2, 0) is 23.9 Å². The Bertz CT molecular complexity index is 1040. The summed E-state index contributed by atoms with van der Waals surface area (Å²) in [5.74, 6) is -1.02. The van der Waals surface area contributed by atoms with Gasteiger partial charge in [-0.3, -0.25) is 4.79 Å². The Kier molecular flexibility index (Phi) is 7.21. The Morgan fingerprint density at radius 2 is 1.56 bits per heavy atom. The minimum Gasteiger partial charge on any atom is -0.465 e. The summed E-state index contributed by atoms with van der Waals surface area (Å²) in [5, 5.41) is 0. The van der Waals surface area contributed by atoms with Crippen LogP contribution in [0.15, 0.2) is 38.3 Å². The normalized spacial score (nSPS) is 17.6. The highest BCUT2D eigenvalue weighted by atomic mass is 32.2. The van der Waals surface area contributed by atoms with Crippen molar-refractivity contribution < 1.29 is 23.9 Å². The van der Waals surface area contributed by atoms with Crippen LogP contribution < -0.4 is 4.90 Å². The van der Waals surface area contributed by atoms with Gasteiger partial charge in [-0.1, -0.05) is 67.8 Å². The van der Waals surface area contributed by atoms with Crippen LogP contribution in [0.2, 0.25) is 0 Å². The molecule has 2 aliphatic rings. The molecule has 1 amide bonds. The van der Waals surface area contributed by atoms with E-state index in [-0.39, 0.29) is 21.6 Å². The number of thioether (sulfide) groups is 2. The summed E-state index contributed by atoms with van der Waals surface area (Å²) in [6.45, 7) is 7.85. The van der Waals surface area contributed by atoms with E-state index in [1.165, 1.54) is 14.2 Å². The minimum absolute atomic E-state index is 0.000738. The highest BCUT2D eigenvalue weighted by Gasteiger charge is 2.45. The van der Waals surface area contributed by atoms with Crippen LogP contribution in [0.4, 0.5) is 5.69 Å². The summed E-state index contributed by atoms with van der Waals surface area (Å²) in [7, 11) is 2.53. The predicted molar refractivity (Wildman–Crippen MR) is 133 cm³/mol. The van der Waals surface area contributed by atoms with Crippen molar-refractivity contribution in [2.75, 3.05) is 19.1 Å². The second-order valence-corrected chi connectivity index (χ2v) is 10.9. The van der Waals surface area contributed by atoms with Gasteiger partial charge >= 0.3 is 11.9 Å². The lowest BCUT2D eigenvalue weighted by atomic mass is 9.83. The molecule has 0 aliphatic carbocycles. The zero-order valence-electron chi connectivity index (χ0n) is 18.8. The van der Waals surface area contributed by atoms with Gasteiger partial charge in [0, 0.05) is 17.6 Å². The highest BCUT2D eigenvalue weighted by molar-refractivity contribution is 8.29. The van der Waals surface area contributed by atoms with Gasteiger partial charge in [0.2, 0.25) is 5.91 Å². The molecule has 0 bridgehead atoms. The summed E-state index contributed by atoms with van der Waals surface area (Å²) < 4.78 is 10.4. The van der Waals surface area contributed by atoms with Gasteiger partial charge in [0.25, 0.3) is 0 Å². The van der Waals surface area contributed by atoms with Gasteiger partial charge in [0.05, 0.1) is 34.5 Å². The van der Waals surface area contributed by atoms with Crippen molar-refractivity contribution >= 4 is 69.7 Å². The Balaban J connectivity index is 2.19. The number of para-hydroxylation sites is 1. The van der Waals surface area contributed by atoms with Crippen molar-refractivity contribution in [2.45, 2.75) is 39.7 Å². The summed E-state index contributed by atoms with van der Waals surface area (Å²) in [6.07, 6.45) is 0.399. The fourth-order valence-electron chi connectivity index (χ4n) is 3.66. The van der Waals surface area contributed by atoms with Crippen molar-refractivity contribution in [2.24, 2.45) is 5.92 Å². The van der Waals surface area contributed by atoms with Crippen molar-refractivity contribution in [3.8, 4) is 0 Å². The number of hydrogen-bond donors (Lipinski definition) is 0. The topological polar surface area (TPSA) is 72.9 Å². The summed E-state index contributed by atoms with van der Waals surface area (Å²) in [4.78, 5) is 40.6. The highest BCUT2D eigenvalue weighted by Crippen LogP contribution is 2.56. The second-order valence-electron chi connectivity index (χ2n) is 8.24. The van der Waals surface area contributed by atoms with Crippen LogP contribution in [0, 0.1) is 5.92 Å². The number of esters is 2. The Labute approximate surface area is 201 Å². The maximum absolute atomic E-state index is 13.2. The average Bonchev–Trinajstić information content (AvgIpc) is 3.17. The molecule has 9 heteroatoms. The summed E-state index contributed by atoms with van der Waals surface area (Å²) in [6, 6.07) is 7.57. The van der Waals surface area contributed by atoms with E-state index in [2.05, 4.69) is 0 Å². The van der Waals surface area contributed by atoms with Crippen LogP contribution in [0.25, 0.3) is 5.57 Å². The third kappa shape index (κ3) is 4.25. The summed E-state index contributed by atoms with van der Waals surface area (Å²) in [5.41, 5.74) is 1.51. The van der Waals surface area contributed by atoms with Crippen molar-refractivity contribution in [3.05, 3.63) is 43.9 Å². The Morgan fingerprint density at radius 1 is 1.03 bits per heavy atom. The number of methoxy groups -OCH3 is 2. The first-order valence-electron chi connectivity index (χ1n) is 10.0. The largest absolute Gasteiger partial charge is 0.465 e. The lowest BCUT2D eigenvalue weighted by Gasteiger charge is -2.45. The molecule has 0 radical (unpaired) electrons. The number of carbonyl (C=O) groups is 3. The molecule has 0 N–H and O–H groups in total. The fraction of sp³-hybridized carbons (Fsp3) is 0.391. The minimum atomic E-state index is -0.779. The molecule has 2 heterocycles. The van der Waals surface area contributed by atoms with E-state index >= 15 is 0 Å². The molecule has 32 heavy (non-hydrogen) atoms. The van der Waals surface area contributed by atoms with Gasteiger partial charge in [0.1, 0.15) is 9.81 Å². The number of amides is 1. The molecule has 1 aromatic carbocycles. The molecule has 0 spiro atoms. The fourth-order valence-corrected chi connectivity index (χ4v) is 6.69. The third-order valence-electron chi connectivity index (χ3n) is 5.13. The van der Waals surface area contributed by atoms with E-state index < -0.39 is 17.5 Å². The molecule has 0 saturated carbocycles. The first-order chi connectivity index (χ1) is 15.0. The monoisotopic (exact) mass is 491 g/mol. The quantitative estimate of drug-likeness (QED) is 0.333. The average molecular weight is 492 g/mol. The predicted octanol–water partition coefficient (Wildman–Crippen LogP) is 4.93. The number of carbonyl (C=O) groups excluding carboxylic acids is 3. The first kappa shape index (κ1) is 24.5. The van der Waals surface area contributed by atoms with Crippen LogP contribution in [0.5, 0.6) is 0 Å². The third-order valence-corrected chi connectivity index (χ3v) is 8.39. The van der Waals surface area contributed by atoms with Crippen LogP contribution in [0.3, 0.4) is 0 Å². The lowest BCUT2D eigenvalue weighted by Crippen LogP contribution is -2.56. The Morgan fingerprint density at radius 3 is 2.06 bits per heavy atom. The zero-order valence-corrected chi connectivity index (χ0v) is 21.3. The number of anilines is 1. The number of benzene rings is 1. The second kappa shape index (κ2) is 9.41. The molecule has 2 aliphatic heterocycles. The van der Waals surface area contributed by atoms with E-state index in [1.807, 2.05) is 52.0 Å². The molecule has 0 unspecified atom stereocenters. The molecule has 170 valence electrons. The van der Waals surface area contributed by atoms with Gasteiger partial charge < -0.3 is 14.4 Å². The number of ether oxygens (including phenoxy) is 2. The number of thiocarbonyl (C=S) groups is 1. The van der Waals surface area contributed by atoms with E-state index in [0.29, 0.717) is 15.5 Å². The van der Waals surface area contributed by atoms with E-state index in [0.717, 1.165) is 40.3 Å². The van der Waals surface area contributed by atoms with Gasteiger partial charge in [-0.05, 0) is 25.8 Å². The molecule has 0 saturated heterocycles. The molecular weight excluding hydrogens is 466 g/mol. The molecular formula is C23H25NO5S3. The standard InChI is InChI=1S/C23H25NO5S3/c1-12(2)11-15(25)24-14-10-8-7-9-13(14)16(19(30)23(24,3)4)22-31-17(20(26)28-5)18(32-22)21(27)29-6/h7-10,12H,11H2,1-6H3. The smallest absolute Gasteiger partial charge is 0.346 e. The number of hydrogen-bond acceptors (Lipinski definition) is 8. The first-order valence-corrected chi connectivity index (χ1v) is 12.1. The van der Waals surface area contributed by atoms with E-state index in [9.17, 15) is 14.4 Å². The molecule has 3 rings (SSSR count). The van der Waals surface area contributed by atoms with Crippen LogP contribution in [-0.4, -0.2) is 42.5 Å². The van der Waals surface area contributed by atoms with Gasteiger partial charge in [-0.15, -0.1) is 0 Å². The maximum atomic E-state index is 13.2. The van der Waals surface area contributed by atoms with Gasteiger partial charge in [-0.2, -0.15) is 0 Å². The Hall–Kier alpha value is -2.10. The number of rotatable bonds is 4. The van der Waals surface area contributed by atoms with Crippen LogP contribution >= 0.6 is 35.7 Å².